The molecule has 2 aliphatic heterocycles. The lowest BCUT2D eigenvalue weighted by Crippen LogP contribution is -2.46. The molecule has 8 heteroatoms. The summed E-state index contributed by atoms with van der Waals surface area (Å²) in [6.07, 6.45) is 2.32. The zero-order valence-corrected chi connectivity index (χ0v) is 21.1. The number of benzene rings is 2. The molecule has 0 unspecified atom stereocenters. The first-order valence-electron chi connectivity index (χ1n) is 11.2. The van der Waals surface area contributed by atoms with Crippen LogP contribution in [0.2, 0.25) is 0 Å². The molecule has 0 amide bonds. The zero-order chi connectivity index (χ0) is 21.3. The highest BCUT2D eigenvalue weighted by molar-refractivity contribution is 14.0. The summed E-state index contributed by atoms with van der Waals surface area (Å²) in [5, 5.41) is 6.78. The molecule has 0 aromatic heterocycles. The van der Waals surface area contributed by atoms with Gasteiger partial charge in [-0.05, 0) is 49.2 Å². The normalized spacial score (nSPS) is 15.9. The van der Waals surface area contributed by atoms with Crippen molar-refractivity contribution in [3.8, 4) is 11.5 Å². The Hall–Kier alpha value is -2.20. The maximum absolute atomic E-state index is 5.44. The largest absolute Gasteiger partial charge is 0.454 e. The molecule has 32 heavy (non-hydrogen) atoms. The van der Waals surface area contributed by atoms with E-state index < -0.39 is 0 Å². The van der Waals surface area contributed by atoms with Crippen molar-refractivity contribution in [1.29, 1.82) is 0 Å². The maximum Gasteiger partial charge on any atom is 0.231 e. The summed E-state index contributed by atoms with van der Waals surface area (Å²) in [7, 11) is 1.81. The van der Waals surface area contributed by atoms with Gasteiger partial charge in [0.15, 0.2) is 17.5 Å². The number of rotatable bonds is 8. The SMILES string of the molecule is CN=C(NCCCCN1CCN(c2ccccc2)CC1)NCc1ccc2c(c1)OCO2.I. The molecular weight excluding hydrogens is 517 g/mol. The van der Waals surface area contributed by atoms with Gasteiger partial charge >= 0.3 is 0 Å². The van der Waals surface area contributed by atoms with Gasteiger partial charge in [0, 0.05) is 52.0 Å². The van der Waals surface area contributed by atoms with Crippen LogP contribution in [0, 0.1) is 0 Å². The summed E-state index contributed by atoms with van der Waals surface area (Å²) in [6, 6.07) is 16.7. The van der Waals surface area contributed by atoms with Crippen molar-refractivity contribution >= 4 is 35.6 Å². The van der Waals surface area contributed by atoms with E-state index in [2.05, 4.69) is 55.8 Å². The molecule has 0 bridgehead atoms. The summed E-state index contributed by atoms with van der Waals surface area (Å²) in [6.45, 7) is 7.58. The van der Waals surface area contributed by atoms with Gasteiger partial charge in [-0.3, -0.25) is 9.89 Å². The molecule has 2 heterocycles. The van der Waals surface area contributed by atoms with Crippen molar-refractivity contribution in [2.24, 2.45) is 4.99 Å². The summed E-state index contributed by atoms with van der Waals surface area (Å²) < 4.78 is 10.8. The molecule has 1 fully saturated rings. The molecule has 0 spiro atoms. The van der Waals surface area contributed by atoms with Crippen molar-refractivity contribution in [3.05, 3.63) is 54.1 Å². The molecule has 0 atom stereocenters. The number of nitrogens with zero attached hydrogens (tertiary/aromatic N) is 3. The number of anilines is 1. The molecule has 1 saturated heterocycles. The Bertz CT molecular complexity index is 857. The van der Waals surface area contributed by atoms with Crippen LogP contribution in [0.3, 0.4) is 0 Å². The molecule has 2 aliphatic rings. The number of para-hydroxylation sites is 1. The smallest absolute Gasteiger partial charge is 0.231 e. The van der Waals surface area contributed by atoms with E-state index in [9.17, 15) is 0 Å². The van der Waals surface area contributed by atoms with E-state index in [1.54, 1.807) is 7.05 Å². The standard InChI is InChI=1S/C24H33N5O2.HI/c1-25-24(27-18-20-9-10-22-23(17-20)31-19-30-22)26-11-5-6-12-28-13-15-29(16-14-28)21-7-3-2-4-8-21;/h2-4,7-10,17H,5-6,11-16,18-19H2,1H3,(H2,25,26,27);1H. The minimum absolute atomic E-state index is 0. The summed E-state index contributed by atoms with van der Waals surface area (Å²) in [4.78, 5) is 9.38. The molecule has 0 radical (unpaired) electrons. The molecule has 7 nitrogen and oxygen atoms in total. The van der Waals surface area contributed by atoms with Crippen LogP contribution in [-0.4, -0.2) is 64.0 Å². The molecule has 2 N–H and O–H groups in total. The number of nitrogens with one attached hydrogen (secondary N) is 2. The predicted octanol–water partition coefficient (Wildman–Crippen LogP) is 3.30. The van der Waals surface area contributed by atoms with Crippen LogP contribution < -0.4 is 25.0 Å². The van der Waals surface area contributed by atoms with Crippen LogP contribution >= 0.6 is 24.0 Å². The van der Waals surface area contributed by atoms with Gasteiger partial charge in [0.25, 0.3) is 0 Å². The summed E-state index contributed by atoms with van der Waals surface area (Å²) >= 11 is 0. The Balaban J connectivity index is 0.00000289. The van der Waals surface area contributed by atoms with Crippen molar-refractivity contribution < 1.29 is 9.47 Å². The third kappa shape index (κ3) is 6.90. The van der Waals surface area contributed by atoms with E-state index in [1.807, 2.05) is 18.2 Å². The molecule has 2 aromatic carbocycles. The quantitative estimate of drug-likeness (QED) is 0.227. The molecule has 0 saturated carbocycles. The second-order valence-electron chi connectivity index (χ2n) is 7.91. The third-order valence-corrected chi connectivity index (χ3v) is 5.81. The fraction of sp³-hybridized carbons (Fsp3) is 0.458. The molecule has 4 rings (SSSR count). The second-order valence-corrected chi connectivity index (χ2v) is 7.91. The second kappa shape index (κ2) is 12.7. The van der Waals surface area contributed by atoms with E-state index in [4.69, 9.17) is 9.47 Å². The third-order valence-electron chi connectivity index (χ3n) is 5.81. The fourth-order valence-corrected chi connectivity index (χ4v) is 3.99. The lowest BCUT2D eigenvalue weighted by molar-refractivity contribution is 0.174. The average Bonchev–Trinajstić information content (AvgIpc) is 3.30. The first kappa shape index (κ1) is 24.4. The summed E-state index contributed by atoms with van der Waals surface area (Å²) in [5.41, 5.74) is 2.48. The van der Waals surface area contributed by atoms with Crippen LogP contribution in [-0.2, 0) is 6.54 Å². The Morgan fingerprint density at radius 3 is 2.50 bits per heavy atom. The number of aliphatic imine (C=N–C) groups is 1. The van der Waals surface area contributed by atoms with Crippen LogP contribution in [0.5, 0.6) is 11.5 Å². The van der Waals surface area contributed by atoms with Crippen LogP contribution in [0.25, 0.3) is 0 Å². The van der Waals surface area contributed by atoms with Gasteiger partial charge in [0.2, 0.25) is 6.79 Å². The van der Waals surface area contributed by atoms with E-state index in [-0.39, 0.29) is 24.0 Å². The lowest BCUT2D eigenvalue weighted by atomic mass is 10.2. The molecule has 0 aliphatic carbocycles. The van der Waals surface area contributed by atoms with Gasteiger partial charge in [0.05, 0.1) is 0 Å². The van der Waals surface area contributed by atoms with Crippen LogP contribution in [0.4, 0.5) is 5.69 Å². The Kier molecular flexibility index (Phi) is 9.73. The maximum atomic E-state index is 5.44. The van der Waals surface area contributed by atoms with Crippen molar-refractivity contribution in [2.45, 2.75) is 19.4 Å². The summed E-state index contributed by atoms with van der Waals surface area (Å²) in [5.74, 6) is 2.45. The molecule has 174 valence electrons. The van der Waals surface area contributed by atoms with E-state index in [1.165, 1.54) is 12.1 Å². The minimum Gasteiger partial charge on any atom is -0.454 e. The van der Waals surface area contributed by atoms with Crippen LogP contribution in [0.1, 0.15) is 18.4 Å². The van der Waals surface area contributed by atoms with Gasteiger partial charge in [0.1, 0.15) is 0 Å². The topological polar surface area (TPSA) is 61.4 Å². The predicted molar refractivity (Wildman–Crippen MR) is 141 cm³/mol. The number of unbranched alkanes of at least 4 members (excludes halogenated alkanes) is 1. The van der Waals surface area contributed by atoms with E-state index >= 15 is 0 Å². The van der Waals surface area contributed by atoms with Crippen molar-refractivity contribution in [1.82, 2.24) is 15.5 Å². The van der Waals surface area contributed by atoms with Gasteiger partial charge < -0.3 is 25.0 Å². The Morgan fingerprint density at radius 1 is 0.938 bits per heavy atom. The van der Waals surface area contributed by atoms with Crippen molar-refractivity contribution in [2.75, 3.05) is 58.0 Å². The fourth-order valence-electron chi connectivity index (χ4n) is 3.99. The van der Waals surface area contributed by atoms with Crippen molar-refractivity contribution in [3.63, 3.8) is 0 Å². The van der Waals surface area contributed by atoms with E-state index in [0.717, 1.165) is 68.7 Å². The Morgan fingerprint density at radius 2 is 1.72 bits per heavy atom. The number of fused-ring (bicyclic) bond motifs is 1. The highest BCUT2D eigenvalue weighted by Crippen LogP contribution is 2.32. The average molecular weight is 551 g/mol. The lowest BCUT2D eigenvalue weighted by Gasteiger charge is -2.36. The zero-order valence-electron chi connectivity index (χ0n) is 18.8. The number of ether oxygens (including phenoxy) is 2. The number of guanidine groups is 1. The number of halogens is 1. The van der Waals surface area contributed by atoms with Crippen LogP contribution in [0.15, 0.2) is 53.5 Å². The molecule has 2 aromatic rings. The first-order chi connectivity index (χ1) is 15.3. The van der Waals surface area contributed by atoms with Gasteiger partial charge in [-0.25, -0.2) is 0 Å². The van der Waals surface area contributed by atoms with Gasteiger partial charge in [-0.15, -0.1) is 24.0 Å². The first-order valence-corrected chi connectivity index (χ1v) is 11.2. The molecular formula is C24H34IN5O2. The highest BCUT2D eigenvalue weighted by atomic mass is 127. The minimum atomic E-state index is 0. The number of hydrogen-bond donors (Lipinski definition) is 2. The monoisotopic (exact) mass is 551 g/mol. The van der Waals surface area contributed by atoms with E-state index in [0.29, 0.717) is 13.3 Å². The van der Waals surface area contributed by atoms with Gasteiger partial charge in [-0.1, -0.05) is 24.3 Å². The highest BCUT2D eigenvalue weighted by Gasteiger charge is 2.16. The van der Waals surface area contributed by atoms with Gasteiger partial charge in [-0.2, -0.15) is 0 Å². The number of piperazine rings is 1. The Labute approximate surface area is 208 Å². The number of hydrogen-bond acceptors (Lipinski definition) is 5.